The number of carbonyl (C=O) groups is 2. The normalized spacial score (nSPS) is 11.4. The van der Waals surface area contributed by atoms with Gasteiger partial charge in [0.25, 0.3) is 5.91 Å². The van der Waals surface area contributed by atoms with E-state index < -0.39 is 12.0 Å². The highest BCUT2D eigenvalue weighted by atomic mass is 16.5. The van der Waals surface area contributed by atoms with E-state index in [2.05, 4.69) is 5.32 Å². The molecule has 5 rings (SSSR count). The number of hydrogen-bond donors (Lipinski definition) is 1. The Morgan fingerprint density at radius 3 is 1.90 bits per heavy atom. The van der Waals surface area contributed by atoms with Gasteiger partial charge in [0.05, 0.1) is 7.11 Å². The van der Waals surface area contributed by atoms with E-state index in [1.807, 2.05) is 115 Å². The van der Waals surface area contributed by atoms with Crippen molar-refractivity contribution in [1.29, 1.82) is 0 Å². The lowest BCUT2D eigenvalue weighted by Gasteiger charge is -2.19. The van der Waals surface area contributed by atoms with Gasteiger partial charge in [-0.25, -0.2) is 4.79 Å². The molecule has 0 unspecified atom stereocenters. The summed E-state index contributed by atoms with van der Waals surface area (Å²) in [6.45, 7) is 0.736. The van der Waals surface area contributed by atoms with Crippen LogP contribution < -0.4 is 14.8 Å². The Hall–Kier alpha value is -5.10. The second-order valence-corrected chi connectivity index (χ2v) is 9.64. The van der Waals surface area contributed by atoms with E-state index in [0.29, 0.717) is 30.3 Å². The van der Waals surface area contributed by atoms with Crippen molar-refractivity contribution < 1.29 is 23.8 Å². The first kappa shape index (κ1) is 27.5. The smallest absolute Gasteiger partial charge is 0.328 e. The average Bonchev–Trinajstić information content (AvgIpc) is 3.03. The van der Waals surface area contributed by atoms with Crippen LogP contribution in [0.3, 0.4) is 0 Å². The van der Waals surface area contributed by atoms with Gasteiger partial charge in [0.15, 0.2) is 11.5 Å². The standard InChI is InChI=1S/C35H31NO5/c1-39-35(38)31(36-34(37)30-18-17-28-14-8-9-15-29(28)22-30)20-27-16-19-32(40-23-25-10-4-2-5-11-25)33(21-27)41-24-26-12-6-3-7-13-26/h2-19,21-22,31H,20,23-24H2,1H3,(H,36,37)/t31-/m1/s1. The van der Waals surface area contributed by atoms with Gasteiger partial charge in [-0.1, -0.05) is 97.1 Å². The zero-order valence-corrected chi connectivity index (χ0v) is 22.8. The van der Waals surface area contributed by atoms with Crippen molar-refractivity contribution in [2.24, 2.45) is 0 Å². The molecule has 41 heavy (non-hydrogen) atoms. The number of carbonyl (C=O) groups excluding carboxylic acids is 2. The molecule has 0 aromatic heterocycles. The average molecular weight is 546 g/mol. The van der Waals surface area contributed by atoms with Crippen LogP contribution in [0.15, 0.2) is 121 Å². The maximum absolute atomic E-state index is 13.1. The quantitative estimate of drug-likeness (QED) is 0.192. The molecule has 0 saturated carbocycles. The van der Waals surface area contributed by atoms with Crippen molar-refractivity contribution in [2.75, 3.05) is 7.11 Å². The minimum atomic E-state index is -0.892. The summed E-state index contributed by atoms with van der Waals surface area (Å²) in [6.07, 6.45) is 0.215. The third-order valence-corrected chi connectivity index (χ3v) is 6.72. The molecular weight excluding hydrogens is 514 g/mol. The van der Waals surface area contributed by atoms with Crippen LogP contribution in [-0.2, 0) is 29.2 Å². The summed E-state index contributed by atoms with van der Waals surface area (Å²) in [5.41, 5.74) is 3.30. The molecule has 0 bridgehead atoms. The summed E-state index contributed by atoms with van der Waals surface area (Å²) in [5.74, 6) is 0.250. The van der Waals surface area contributed by atoms with E-state index in [-0.39, 0.29) is 12.3 Å². The number of nitrogens with one attached hydrogen (secondary N) is 1. The molecule has 5 aromatic rings. The largest absolute Gasteiger partial charge is 0.485 e. The van der Waals surface area contributed by atoms with E-state index in [9.17, 15) is 9.59 Å². The number of hydrogen-bond acceptors (Lipinski definition) is 5. The molecule has 0 radical (unpaired) electrons. The number of amides is 1. The van der Waals surface area contributed by atoms with E-state index in [4.69, 9.17) is 14.2 Å². The van der Waals surface area contributed by atoms with Gasteiger partial charge in [-0.05, 0) is 51.7 Å². The van der Waals surface area contributed by atoms with E-state index in [1.54, 1.807) is 6.07 Å². The Morgan fingerprint density at radius 1 is 0.634 bits per heavy atom. The zero-order valence-electron chi connectivity index (χ0n) is 22.8. The highest BCUT2D eigenvalue weighted by Crippen LogP contribution is 2.31. The van der Waals surface area contributed by atoms with Crippen LogP contribution in [-0.4, -0.2) is 25.0 Å². The predicted octanol–water partition coefficient (Wildman–Crippen LogP) is 6.51. The van der Waals surface area contributed by atoms with Gasteiger partial charge >= 0.3 is 5.97 Å². The molecule has 0 aliphatic rings. The Labute approximate surface area is 239 Å². The molecule has 1 N–H and O–H groups in total. The monoisotopic (exact) mass is 545 g/mol. The SMILES string of the molecule is COC(=O)[C@@H](Cc1ccc(OCc2ccccc2)c(OCc2ccccc2)c1)NC(=O)c1ccc2ccccc2c1. The van der Waals surface area contributed by atoms with Crippen LogP contribution >= 0.6 is 0 Å². The van der Waals surface area contributed by atoms with Crippen molar-refractivity contribution in [2.45, 2.75) is 25.7 Å². The van der Waals surface area contributed by atoms with Gasteiger partial charge < -0.3 is 19.5 Å². The molecule has 0 heterocycles. The molecule has 0 fully saturated rings. The number of methoxy groups -OCH3 is 1. The summed E-state index contributed by atoms with van der Waals surface area (Å²) >= 11 is 0. The molecule has 0 saturated heterocycles. The minimum Gasteiger partial charge on any atom is -0.485 e. The number of ether oxygens (including phenoxy) is 3. The first-order valence-corrected chi connectivity index (χ1v) is 13.4. The molecule has 0 spiro atoms. The van der Waals surface area contributed by atoms with Crippen LogP contribution in [0.2, 0.25) is 0 Å². The minimum absolute atomic E-state index is 0.215. The lowest BCUT2D eigenvalue weighted by molar-refractivity contribution is -0.142. The Kier molecular flexibility index (Phi) is 8.91. The Balaban J connectivity index is 1.35. The van der Waals surface area contributed by atoms with Crippen LogP contribution in [0.5, 0.6) is 11.5 Å². The highest BCUT2D eigenvalue weighted by molar-refractivity contribution is 6.00. The summed E-state index contributed by atoms with van der Waals surface area (Å²) < 4.78 is 17.3. The van der Waals surface area contributed by atoms with E-state index in [1.165, 1.54) is 7.11 Å². The highest BCUT2D eigenvalue weighted by Gasteiger charge is 2.23. The van der Waals surface area contributed by atoms with Crippen molar-refractivity contribution in [3.05, 3.63) is 144 Å². The van der Waals surface area contributed by atoms with Crippen LogP contribution in [0.25, 0.3) is 10.8 Å². The molecule has 6 nitrogen and oxygen atoms in total. The van der Waals surface area contributed by atoms with Gasteiger partial charge in [-0.2, -0.15) is 0 Å². The summed E-state index contributed by atoms with van der Waals surface area (Å²) in [7, 11) is 1.31. The van der Waals surface area contributed by atoms with Crippen LogP contribution in [0.4, 0.5) is 0 Å². The molecule has 6 heteroatoms. The molecular formula is C35H31NO5. The van der Waals surface area contributed by atoms with Crippen molar-refractivity contribution in [1.82, 2.24) is 5.32 Å². The number of esters is 1. The third kappa shape index (κ3) is 7.31. The number of fused-ring (bicyclic) bond motifs is 1. The molecule has 1 amide bonds. The molecule has 5 aromatic carbocycles. The van der Waals surface area contributed by atoms with Crippen LogP contribution in [0.1, 0.15) is 27.0 Å². The first-order valence-electron chi connectivity index (χ1n) is 13.4. The van der Waals surface area contributed by atoms with Crippen molar-refractivity contribution >= 4 is 22.6 Å². The topological polar surface area (TPSA) is 73.9 Å². The van der Waals surface area contributed by atoms with Gasteiger partial charge in [0.2, 0.25) is 0 Å². The lowest BCUT2D eigenvalue weighted by atomic mass is 10.0. The van der Waals surface area contributed by atoms with Gasteiger partial charge in [0, 0.05) is 12.0 Å². The summed E-state index contributed by atoms with van der Waals surface area (Å²) in [4.78, 5) is 25.9. The maximum Gasteiger partial charge on any atom is 0.328 e. The van der Waals surface area contributed by atoms with Crippen molar-refractivity contribution in [3.8, 4) is 11.5 Å². The van der Waals surface area contributed by atoms with Gasteiger partial charge in [-0.15, -0.1) is 0 Å². The van der Waals surface area contributed by atoms with Crippen LogP contribution in [0, 0.1) is 0 Å². The van der Waals surface area contributed by atoms with E-state index in [0.717, 1.165) is 27.5 Å². The zero-order chi connectivity index (χ0) is 28.4. The fourth-order valence-electron chi connectivity index (χ4n) is 4.53. The Morgan fingerprint density at radius 2 is 1.24 bits per heavy atom. The second kappa shape index (κ2) is 13.3. The maximum atomic E-state index is 13.1. The fourth-order valence-corrected chi connectivity index (χ4v) is 4.53. The molecule has 206 valence electrons. The van der Waals surface area contributed by atoms with E-state index >= 15 is 0 Å². The molecule has 0 aliphatic carbocycles. The molecule has 1 atom stereocenters. The van der Waals surface area contributed by atoms with Gasteiger partial charge in [0.1, 0.15) is 19.3 Å². The number of benzene rings is 5. The van der Waals surface area contributed by atoms with Crippen molar-refractivity contribution in [3.63, 3.8) is 0 Å². The fraction of sp³-hybridized carbons (Fsp3) is 0.143. The molecule has 0 aliphatic heterocycles. The van der Waals surface area contributed by atoms with Gasteiger partial charge in [-0.3, -0.25) is 4.79 Å². The first-order chi connectivity index (χ1) is 20.1. The Bertz CT molecular complexity index is 1620. The third-order valence-electron chi connectivity index (χ3n) is 6.72. The lowest BCUT2D eigenvalue weighted by Crippen LogP contribution is -2.43. The summed E-state index contributed by atoms with van der Waals surface area (Å²) in [5, 5.41) is 4.83. The number of rotatable bonds is 11. The summed E-state index contributed by atoms with van der Waals surface area (Å²) in [6, 6.07) is 37.7. The predicted molar refractivity (Wildman–Crippen MR) is 159 cm³/mol. The second-order valence-electron chi connectivity index (χ2n) is 9.64.